The van der Waals surface area contributed by atoms with Crippen LogP contribution in [0.1, 0.15) is 0 Å². The Balaban J connectivity index is 0.948. The van der Waals surface area contributed by atoms with Crippen LogP contribution < -0.4 is 0 Å². The minimum atomic E-state index is 0.656. The number of fused-ring (bicyclic) bond motifs is 9. The number of rotatable bonds is 5. The van der Waals surface area contributed by atoms with Crippen molar-refractivity contribution in [1.29, 1.82) is 0 Å². The van der Waals surface area contributed by atoms with E-state index in [1.54, 1.807) is 11.3 Å². The third-order valence-corrected chi connectivity index (χ3v) is 12.2. The number of hydrogen-bond donors (Lipinski definition) is 0. The number of furan rings is 1. The molecular formula is C51H30N4OS. The standard InChI is InChI=1S/C51H30N4OS/c1-3-12-31(13-4-1)49-52-50(32-14-5-2-6-15-32)54-51(53-49)35-23-26-39-41-28-33(24-27-46(41)57-47(39)30-35)34-22-25-38-40-18-11-21-44(48(40)56-45(38)29-34)55-42-19-9-7-16-36(42)37-17-8-10-20-43(37)55/h1-30H. The van der Waals surface area contributed by atoms with Gasteiger partial charge in [-0.1, -0.05) is 133 Å². The van der Waals surface area contributed by atoms with Gasteiger partial charge in [-0.15, -0.1) is 11.3 Å². The first kappa shape index (κ1) is 31.9. The first-order valence-electron chi connectivity index (χ1n) is 19.0. The van der Waals surface area contributed by atoms with Crippen molar-refractivity contribution in [2.45, 2.75) is 0 Å². The van der Waals surface area contributed by atoms with Crippen molar-refractivity contribution in [2.75, 3.05) is 0 Å². The maximum Gasteiger partial charge on any atom is 0.164 e. The monoisotopic (exact) mass is 746 g/mol. The Bertz CT molecular complexity index is 3420. The Kier molecular flexibility index (Phi) is 7.03. The molecule has 0 amide bonds. The summed E-state index contributed by atoms with van der Waals surface area (Å²) in [5.41, 5.74) is 10.3. The van der Waals surface area contributed by atoms with Crippen molar-refractivity contribution in [3.8, 4) is 51.0 Å². The minimum absolute atomic E-state index is 0.656. The fraction of sp³-hybridized carbons (Fsp3) is 0. The predicted molar refractivity (Wildman–Crippen MR) is 236 cm³/mol. The summed E-state index contributed by atoms with van der Waals surface area (Å²) in [6, 6.07) is 63.8. The van der Waals surface area contributed by atoms with Crippen LogP contribution in [-0.4, -0.2) is 19.5 Å². The Hall–Kier alpha value is -7.41. The molecule has 266 valence electrons. The number of benzene rings is 8. The van der Waals surface area contributed by atoms with Gasteiger partial charge in [-0.2, -0.15) is 0 Å². The molecule has 0 unspecified atom stereocenters. The van der Waals surface area contributed by atoms with E-state index in [-0.39, 0.29) is 0 Å². The van der Waals surface area contributed by atoms with Crippen molar-refractivity contribution in [3.63, 3.8) is 0 Å². The molecule has 0 saturated carbocycles. The largest absolute Gasteiger partial charge is 0.454 e. The van der Waals surface area contributed by atoms with Crippen LogP contribution in [0.15, 0.2) is 186 Å². The summed E-state index contributed by atoms with van der Waals surface area (Å²) in [5, 5.41) is 7.11. The number of nitrogens with zero attached hydrogens (tertiary/aromatic N) is 4. The second kappa shape index (κ2) is 12.6. The molecule has 0 bridgehead atoms. The van der Waals surface area contributed by atoms with Gasteiger partial charge in [0.15, 0.2) is 23.1 Å². The highest BCUT2D eigenvalue weighted by molar-refractivity contribution is 7.25. The average Bonchev–Trinajstić information content (AvgIpc) is 3.95. The zero-order valence-corrected chi connectivity index (χ0v) is 31.2. The summed E-state index contributed by atoms with van der Waals surface area (Å²) in [6.07, 6.45) is 0. The fourth-order valence-corrected chi connectivity index (χ4v) is 9.48. The topological polar surface area (TPSA) is 56.7 Å². The molecule has 0 aliphatic rings. The Morgan fingerprint density at radius 1 is 0.368 bits per heavy atom. The van der Waals surface area contributed by atoms with E-state index in [0.717, 1.165) is 66.5 Å². The van der Waals surface area contributed by atoms with E-state index in [0.29, 0.717) is 17.5 Å². The molecule has 0 atom stereocenters. The van der Waals surface area contributed by atoms with E-state index < -0.39 is 0 Å². The van der Waals surface area contributed by atoms with Gasteiger partial charge in [-0.25, -0.2) is 15.0 Å². The summed E-state index contributed by atoms with van der Waals surface area (Å²) in [4.78, 5) is 14.8. The van der Waals surface area contributed by atoms with E-state index in [9.17, 15) is 0 Å². The van der Waals surface area contributed by atoms with E-state index >= 15 is 0 Å². The van der Waals surface area contributed by atoms with Gasteiger partial charge in [0.05, 0.1) is 16.7 Å². The van der Waals surface area contributed by atoms with Crippen LogP contribution in [-0.2, 0) is 0 Å². The molecule has 0 aliphatic heterocycles. The molecule has 6 heteroatoms. The molecule has 12 aromatic rings. The van der Waals surface area contributed by atoms with Crippen molar-refractivity contribution >= 4 is 75.3 Å². The molecule has 4 aromatic heterocycles. The van der Waals surface area contributed by atoms with Crippen molar-refractivity contribution in [1.82, 2.24) is 19.5 Å². The Morgan fingerprint density at radius 3 is 1.63 bits per heavy atom. The van der Waals surface area contributed by atoms with Gasteiger partial charge in [-0.05, 0) is 59.7 Å². The maximum absolute atomic E-state index is 6.80. The van der Waals surface area contributed by atoms with Gasteiger partial charge < -0.3 is 8.98 Å². The molecule has 0 aliphatic carbocycles. The summed E-state index contributed by atoms with van der Waals surface area (Å²) < 4.78 is 11.6. The van der Waals surface area contributed by atoms with Crippen LogP contribution in [0.4, 0.5) is 0 Å². The van der Waals surface area contributed by atoms with Crippen LogP contribution in [0, 0.1) is 0 Å². The fourth-order valence-electron chi connectivity index (χ4n) is 8.35. The molecule has 0 spiro atoms. The number of thiophene rings is 1. The summed E-state index contributed by atoms with van der Waals surface area (Å²) in [7, 11) is 0. The van der Waals surface area contributed by atoms with Gasteiger partial charge in [0.25, 0.3) is 0 Å². The van der Waals surface area contributed by atoms with Gasteiger partial charge in [-0.3, -0.25) is 0 Å². The highest BCUT2D eigenvalue weighted by Crippen LogP contribution is 2.41. The third-order valence-electron chi connectivity index (χ3n) is 11.1. The SMILES string of the molecule is c1ccc(-c2nc(-c3ccccc3)nc(-c3ccc4c(c3)sc3ccc(-c5ccc6c(c5)oc5c(-n7c8ccccc8c8ccccc87)cccc56)cc34)n2)cc1. The van der Waals surface area contributed by atoms with Crippen LogP contribution in [0.3, 0.4) is 0 Å². The first-order chi connectivity index (χ1) is 28.2. The van der Waals surface area contributed by atoms with Gasteiger partial charge in [0.2, 0.25) is 0 Å². The van der Waals surface area contributed by atoms with Gasteiger partial charge in [0, 0.05) is 58.4 Å². The van der Waals surface area contributed by atoms with Crippen LogP contribution in [0.25, 0.3) is 115 Å². The smallest absolute Gasteiger partial charge is 0.164 e. The molecule has 0 N–H and O–H groups in total. The second-order valence-corrected chi connectivity index (χ2v) is 15.5. The quantitative estimate of drug-likeness (QED) is 0.176. The van der Waals surface area contributed by atoms with Crippen LogP contribution in [0.5, 0.6) is 0 Å². The highest BCUT2D eigenvalue weighted by atomic mass is 32.1. The lowest BCUT2D eigenvalue weighted by atomic mass is 10.0. The van der Waals surface area contributed by atoms with E-state index in [1.165, 1.54) is 30.9 Å². The minimum Gasteiger partial charge on any atom is -0.454 e. The number of hydrogen-bond acceptors (Lipinski definition) is 5. The molecule has 4 heterocycles. The summed E-state index contributed by atoms with van der Waals surface area (Å²) in [5.74, 6) is 1.97. The predicted octanol–water partition coefficient (Wildman–Crippen LogP) is 13.9. The zero-order chi connectivity index (χ0) is 37.5. The Morgan fingerprint density at radius 2 is 0.930 bits per heavy atom. The summed E-state index contributed by atoms with van der Waals surface area (Å²) >= 11 is 1.79. The summed E-state index contributed by atoms with van der Waals surface area (Å²) in [6.45, 7) is 0. The van der Waals surface area contributed by atoms with Crippen molar-refractivity contribution in [3.05, 3.63) is 182 Å². The maximum atomic E-state index is 6.80. The molecule has 12 rings (SSSR count). The van der Waals surface area contributed by atoms with Crippen LogP contribution >= 0.6 is 11.3 Å². The number of aromatic nitrogens is 4. The van der Waals surface area contributed by atoms with E-state index in [4.69, 9.17) is 19.4 Å². The van der Waals surface area contributed by atoms with Crippen molar-refractivity contribution < 1.29 is 4.42 Å². The molecule has 5 nitrogen and oxygen atoms in total. The highest BCUT2D eigenvalue weighted by Gasteiger charge is 2.19. The van der Waals surface area contributed by atoms with Gasteiger partial charge in [0.1, 0.15) is 5.58 Å². The lowest BCUT2D eigenvalue weighted by molar-refractivity contribution is 0.666. The van der Waals surface area contributed by atoms with E-state index in [2.05, 4.69) is 126 Å². The molecule has 57 heavy (non-hydrogen) atoms. The average molecular weight is 747 g/mol. The normalized spacial score (nSPS) is 11.9. The second-order valence-electron chi connectivity index (χ2n) is 14.4. The molecule has 0 saturated heterocycles. The Labute approximate surface area is 330 Å². The lowest BCUT2D eigenvalue weighted by Crippen LogP contribution is -1.99. The molecule has 8 aromatic carbocycles. The zero-order valence-electron chi connectivity index (χ0n) is 30.4. The molecule has 0 fully saturated rings. The van der Waals surface area contributed by atoms with Gasteiger partial charge >= 0.3 is 0 Å². The lowest BCUT2D eigenvalue weighted by Gasteiger charge is -2.08. The molecule has 0 radical (unpaired) electrons. The number of para-hydroxylation sites is 3. The molecular weight excluding hydrogens is 717 g/mol. The van der Waals surface area contributed by atoms with Crippen molar-refractivity contribution in [2.24, 2.45) is 0 Å². The third kappa shape index (κ3) is 5.12. The van der Waals surface area contributed by atoms with E-state index in [1.807, 2.05) is 60.7 Å². The first-order valence-corrected chi connectivity index (χ1v) is 19.8. The van der Waals surface area contributed by atoms with Crippen LogP contribution in [0.2, 0.25) is 0 Å².